The van der Waals surface area contributed by atoms with Crippen molar-refractivity contribution in [3.05, 3.63) is 23.9 Å². The second-order valence-electron chi connectivity index (χ2n) is 4.54. The third kappa shape index (κ3) is 3.17. The molecule has 1 aliphatic carbocycles. The lowest BCUT2D eigenvalue weighted by atomic mass is 10.2. The van der Waals surface area contributed by atoms with Crippen LogP contribution in [0.3, 0.4) is 0 Å². The Morgan fingerprint density at radius 3 is 2.76 bits per heavy atom. The van der Waals surface area contributed by atoms with Gasteiger partial charge in [0.2, 0.25) is 0 Å². The van der Waals surface area contributed by atoms with Crippen LogP contribution in [0.15, 0.2) is 18.3 Å². The second kappa shape index (κ2) is 5.47. The molecule has 1 aliphatic rings. The van der Waals surface area contributed by atoms with E-state index in [-0.39, 0.29) is 0 Å². The summed E-state index contributed by atoms with van der Waals surface area (Å²) in [5, 5.41) is 9.44. The average Bonchev–Trinajstić information content (AvgIpc) is 3.14. The standard InChI is InChI=1S/C13H20N2O2/c1-10(16)11-3-6-13(14-9-11)15(7-8-17-2)12-4-5-12/h3,6,9-10,12,16H,4-5,7-8H2,1-2H3/t10-/m1/s1. The van der Waals surface area contributed by atoms with Crippen molar-refractivity contribution in [2.45, 2.75) is 31.9 Å². The minimum Gasteiger partial charge on any atom is -0.389 e. The van der Waals surface area contributed by atoms with E-state index in [1.807, 2.05) is 12.1 Å². The van der Waals surface area contributed by atoms with Crippen molar-refractivity contribution in [3.63, 3.8) is 0 Å². The highest BCUT2D eigenvalue weighted by molar-refractivity contribution is 5.42. The first-order valence-electron chi connectivity index (χ1n) is 6.12. The molecule has 0 saturated heterocycles. The first-order valence-corrected chi connectivity index (χ1v) is 6.12. The number of hydrogen-bond acceptors (Lipinski definition) is 4. The van der Waals surface area contributed by atoms with Gasteiger partial charge in [0.1, 0.15) is 5.82 Å². The fourth-order valence-electron chi connectivity index (χ4n) is 1.87. The molecule has 2 rings (SSSR count). The highest BCUT2D eigenvalue weighted by atomic mass is 16.5. The number of rotatable bonds is 6. The van der Waals surface area contributed by atoms with E-state index in [0.717, 1.165) is 24.5 Å². The van der Waals surface area contributed by atoms with E-state index in [1.54, 1.807) is 20.2 Å². The third-order valence-electron chi connectivity index (χ3n) is 3.07. The Labute approximate surface area is 102 Å². The molecule has 0 aliphatic heterocycles. The number of aliphatic hydroxyl groups is 1. The summed E-state index contributed by atoms with van der Waals surface area (Å²) >= 11 is 0. The number of methoxy groups -OCH3 is 1. The van der Waals surface area contributed by atoms with E-state index < -0.39 is 6.10 Å². The van der Waals surface area contributed by atoms with Gasteiger partial charge in [0, 0.05) is 25.9 Å². The van der Waals surface area contributed by atoms with Gasteiger partial charge in [0.15, 0.2) is 0 Å². The number of hydrogen-bond donors (Lipinski definition) is 1. The molecule has 1 aromatic heterocycles. The van der Waals surface area contributed by atoms with Gasteiger partial charge in [-0.15, -0.1) is 0 Å². The SMILES string of the molecule is COCCN(c1ccc([C@@H](C)O)cn1)C1CC1. The van der Waals surface area contributed by atoms with Crippen LogP contribution in [0.2, 0.25) is 0 Å². The minimum atomic E-state index is -0.454. The normalized spacial score (nSPS) is 16.9. The molecule has 0 amide bonds. The Morgan fingerprint density at radius 2 is 2.29 bits per heavy atom. The van der Waals surface area contributed by atoms with E-state index >= 15 is 0 Å². The molecule has 0 aromatic carbocycles. The van der Waals surface area contributed by atoms with Crippen molar-refractivity contribution in [1.82, 2.24) is 4.98 Å². The summed E-state index contributed by atoms with van der Waals surface area (Å²) in [4.78, 5) is 6.71. The van der Waals surface area contributed by atoms with E-state index in [1.165, 1.54) is 12.8 Å². The van der Waals surface area contributed by atoms with Crippen LogP contribution in [-0.2, 0) is 4.74 Å². The highest BCUT2D eigenvalue weighted by Crippen LogP contribution is 2.30. The molecule has 0 unspecified atom stereocenters. The fraction of sp³-hybridized carbons (Fsp3) is 0.615. The van der Waals surface area contributed by atoms with Crippen LogP contribution in [0.5, 0.6) is 0 Å². The smallest absolute Gasteiger partial charge is 0.128 e. The highest BCUT2D eigenvalue weighted by Gasteiger charge is 2.29. The average molecular weight is 236 g/mol. The first kappa shape index (κ1) is 12.3. The van der Waals surface area contributed by atoms with Gasteiger partial charge < -0.3 is 14.7 Å². The Balaban J connectivity index is 2.07. The molecule has 1 fully saturated rings. The number of ether oxygens (including phenoxy) is 1. The number of aliphatic hydroxyl groups excluding tert-OH is 1. The van der Waals surface area contributed by atoms with E-state index in [2.05, 4.69) is 9.88 Å². The quantitative estimate of drug-likeness (QED) is 0.817. The molecule has 94 valence electrons. The van der Waals surface area contributed by atoms with Gasteiger partial charge in [0.05, 0.1) is 12.7 Å². The molecular weight excluding hydrogens is 216 g/mol. The van der Waals surface area contributed by atoms with Crippen molar-refractivity contribution in [2.24, 2.45) is 0 Å². The molecule has 1 N–H and O–H groups in total. The zero-order valence-corrected chi connectivity index (χ0v) is 10.5. The van der Waals surface area contributed by atoms with Crippen LogP contribution in [0.4, 0.5) is 5.82 Å². The Bertz CT molecular complexity index is 347. The third-order valence-corrected chi connectivity index (χ3v) is 3.07. The van der Waals surface area contributed by atoms with Gasteiger partial charge in [-0.05, 0) is 31.4 Å². The van der Waals surface area contributed by atoms with Crippen LogP contribution in [0, 0.1) is 0 Å². The van der Waals surface area contributed by atoms with Gasteiger partial charge >= 0.3 is 0 Å². The first-order chi connectivity index (χ1) is 8.22. The number of nitrogens with zero attached hydrogens (tertiary/aromatic N) is 2. The molecule has 17 heavy (non-hydrogen) atoms. The molecule has 0 bridgehead atoms. The monoisotopic (exact) mass is 236 g/mol. The molecular formula is C13H20N2O2. The largest absolute Gasteiger partial charge is 0.389 e. The number of anilines is 1. The van der Waals surface area contributed by atoms with Gasteiger partial charge in [-0.1, -0.05) is 6.07 Å². The summed E-state index contributed by atoms with van der Waals surface area (Å²) in [5.41, 5.74) is 0.858. The van der Waals surface area contributed by atoms with E-state index in [4.69, 9.17) is 4.74 Å². The van der Waals surface area contributed by atoms with Crippen molar-refractivity contribution in [2.75, 3.05) is 25.2 Å². The van der Waals surface area contributed by atoms with Gasteiger partial charge in [-0.2, -0.15) is 0 Å². The predicted molar refractivity (Wildman–Crippen MR) is 67.1 cm³/mol. The molecule has 1 atom stereocenters. The lowest BCUT2D eigenvalue weighted by Crippen LogP contribution is -2.30. The summed E-state index contributed by atoms with van der Waals surface area (Å²) in [7, 11) is 1.72. The predicted octanol–water partition coefficient (Wildman–Crippen LogP) is 1.75. The summed E-state index contributed by atoms with van der Waals surface area (Å²) in [5.74, 6) is 0.981. The molecule has 4 heteroatoms. The van der Waals surface area contributed by atoms with Crippen LogP contribution in [-0.4, -0.2) is 36.4 Å². The topological polar surface area (TPSA) is 45.6 Å². The van der Waals surface area contributed by atoms with Crippen molar-refractivity contribution >= 4 is 5.82 Å². The molecule has 0 spiro atoms. The minimum absolute atomic E-state index is 0.454. The second-order valence-corrected chi connectivity index (χ2v) is 4.54. The van der Waals surface area contributed by atoms with E-state index in [9.17, 15) is 5.11 Å². The van der Waals surface area contributed by atoms with Gasteiger partial charge in [-0.25, -0.2) is 4.98 Å². The fourth-order valence-corrected chi connectivity index (χ4v) is 1.87. The summed E-state index contributed by atoms with van der Waals surface area (Å²) < 4.78 is 5.12. The number of pyridine rings is 1. The Kier molecular flexibility index (Phi) is 3.97. The maximum Gasteiger partial charge on any atom is 0.128 e. The maximum atomic E-state index is 9.44. The van der Waals surface area contributed by atoms with Gasteiger partial charge in [-0.3, -0.25) is 0 Å². The molecule has 4 nitrogen and oxygen atoms in total. The lowest BCUT2D eigenvalue weighted by molar-refractivity contribution is 0.198. The number of aromatic nitrogens is 1. The Hall–Kier alpha value is -1.13. The van der Waals surface area contributed by atoms with Crippen molar-refractivity contribution in [3.8, 4) is 0 Å². The maximum absolute atomic E-state index is 9.44. The van der Waals surface area contributed by atoms with Crippen LogP contribution < -0.4 is 4.90 Å². The Morgan fingerprint density at radius 1 is 1.53 bits per heavy atom. The van der Waals surface area contributed by atoms with Crippen LogP contribution in [0.25, 0.3) is 0 Å². The summed E-state index contributed by atoms with van der Waals surface area (Å²) in [6.07, 6.45) is 3.78. The molecule has 1 heterocycles. The summed E-state index contributed by atoms with van der Waals surface area (Å²) in [6, 6.07) is 4.54. The van der Waals surface area contributed by atoms with Crippen molar-refractivity contribution < 1.29 is 9.84 Å². The zero-order valence-electron chi connectivity index (χ0n) is 10.5. The lowest BCUT2D eigenvalue weighted by Gasteiger charge is -2.23. The molecule has 0 radical (unpaired) electrons. The van der Waals surface area contributed by atoms with Gasteiger partial charge in [0.25, 0.3) is 0 Å². The van der Waals surface area contributed by atoms with Crippen LogP contribution in [0.1, 0.15) is 31.4 Å². The molecule has 1 aromatic rings. The van der Waals surface area contributed by atoms with Crippen molar-refractivity contribution in [1.29, 1.82) is 0 Å². The molecule has 1 saturated carbocycles. The summed E-state index contributed by atoms with van der Waals surface area (Å²) in [6.45, 7) is 3.35. The zero-order chi connectivity index (χ0) is 12.3. The van der Waals surface area contributed by atoms with Crippen LogP contribution >= 0.6 is 0 Å². The van der Waals surface area contributed by atoms with E-state index in [0.29, 0.717) is 6.04 Å².